The summed E-state index contributed by atoms with van der Waals surface area (Å²) in [4.78, 5) is 12.7. The van der Waals surface area contributed by atoms with Crippen LogP contribution in [0, 0.1) is 17.8 Å². The summed E-state index contributed by atoms with van der Waals surface area (Å²) < 4.78 is 5.42. The minimum absolute atomic E-state index is 0. The Kier molecular flexibility index (Phi) is 6.89. The lowest BCUT2D eigenvalue weighted by atomic mass is 9.84. The number of amides is 1. The number of halogens is 1. The Morgan fingerprint density at radius 2 is 1.96 bits per heavy atom. The minimum Gasteiger partial charge on any atom is -0.381 e. The topological polar surface area (TPSA) is 64.4 Å². The van der Waals surface area contributed by atoms with Crippen molar-refractivity contribution >= 4 is 35.8 Å². The van der Waals surface area contributed by atoms with Crippen molar-refractivity contribution in [2.75, 3.05) is 18.5 Å². The molecule has 3 aliphatic rings. The van der Waals surface area contributed by atoms with Crippen molar-refractivity contribution in [2.45, 2.75) is 49.1 Å². The van der Waals surface area contributed by atoms with Crippen LogP contribution in [0.4, 0.5) is 5.69 Å². The lowest BCUT2D eigenvalue weighted by Crippen LogP contribution is -2.42. The maximum Gasteiger partial charge on any atom is 0.229 e. The first-order valence-corrected chi connectivity index (χ1v) is 10.6. The Morgan fingerprint density at radius 3 is 2.69 bits per heavy atom. The number of hydrogen-bond acceptors (Lipinski definition) is 4. The lowest BCUT2D eigenvalue weighted by molar-refractivity contribution is -0.121. The monoisotopic (exact) mass is 396 g/mol. The maximum atomic E-state index is 12.7. The van der Waals surface area contributed by atoms with Crippen molar-refractivity contribution in [3.8, 4) is 0 Å². The molecular weight excluding hydrogens is 368 g/mol. The van der Waals surface area contributed by atoms with Gasteiger partial charge in [0.1, 0.15) is 0 Å². The molecule has 1 aromatic carbocycles. The first-order chi connectivity index (χ1) is 12.2. The van der Waals surface area contributed by atoms with Crippen LogP contribution in [-0.4, -0.2) is 30.4 Å². The third-order valence-corrected chi connectivity index (χ3v) is 7.57. The SMILES string of the molecule is Cl.NC1C2CCC(C2)C1C(=O)Nc1cccc(CSC2CCOCC2)c1. The molecule has 1 aliphatic heterocycles. The van der Waals surface area contributed by atoms with Crippen LogP contribution in [0.15, 0.2) is 24.3 Å². The number of fused-ring (bicyclic) bond motifs is 2. The molecular formula is C20H29ClN2O2S. The number of ether oxygens (including phenoxy) is 1. The van der Waals surface area contributed by atoms with Crippen LogP contribution < -0.4 is 11.1 Å². The van der Waals surface area contributed by atoms with Gasteiger partial charge in [0.15, 0.2) is 0 Å². The smallest absolute Gasteiger partial charge is 0.229 e. The van der Waals surface area contributed by atoms with Gasteiger partial charge in [-0.15, -0.1) is 12.4 Å². The van der Waals surface area contributed by atoms with Crippen molar-refractivity contribution < 1.29 is 9.53 Å². The highest BCUT2D eigenvalue weighted by molar-refractivity contribution is 7.99. The largest absolute Gasteiger partial charge is 0.381 e. The van der Waals surface area contributed by atoms with E-state index in [0.717, 1.165) is 50.3 Å². The van der Waals surface area contributed by atoms with Crippen LogP contribution >= 0.6 is 24.2 Å². The second kappa shape index (κ2) is 8.96. The van der Waals surface area contributed by atoms with E-state index in [-0.39, 0.29) is 30.3 Å². The van der Waals surface area contributed by atoms with E-state index in [1.165, 1.54) is 12.0 Å². The van der Waals surface area contributed by atoms with Crippen LogP contribution in [0.25, 0.3) is 0 Å². The zero-order valence-electron chi connectivity index (χ0n) is 15.1. The van der Waals surface area contributed by atoms with E-state index >= 15 is 0 Å². The van der Waals surface area contributed by atoms with Crippen molar-refractivity contribution in [1.29, 1.82) is 0 Å². The molecule has 0 spiro atoms. The number of carbonyl (C=O) groups excluding carboxylic acids is 1. The molecule has 6 heteroatoms. The molecule has 2 bridgehead atoms. The van der Waals surface area contributed by atoms with E-state index in [9.17, 15) is 4.79 Å². The third kappa shape index (κ3) is 4.38. The van der Waals surface area contributed by atoms with Gasteiger partial charge in [-0.25, -0.2) is 0 Å². The molecule has 1 amide bonds. The summed E-state index contributed by atoms with van der Waals surface area (Å²) in [5.41, 5.74) is 8.48. The molecule has 2 aliphatic carbocycles. The second-order valence-corrected chi connectivity index (χ2v) is 9.04. The van der Waals surface area contributed by atoms with E-state index in [1.807, 2.05) is 23.9 Å². The highest BCUT2D eigenvalue weighted by Gasteiger charge is 2.49. The highest BCUT2D eigenvalue weighted by atomic mass is 35.5. The zero-order chi connectivity index (χ0) is 17.2. The molecule has 1 saturated heterocycles. The zero-order valence-corrected chi connectivity index (χ0v) is 16.7. The number of nitrogens with one attached hydrogen (secondary N) is 1. The van der Waals surface area contributed by atoms with Gasteiger partial charge in [-0.2, -0.15) is 11.8 Å². The van der Waals surface area contributed by atoms with Gasteiger partial charge in [0, 0.05) is 35.9 Å². The van der Waals surface area contributed by atoms with Crippen molar-refractivity contribution in [2.24, 2.45) is 23.5 Å². The molecule has 0 radical (unpaired) electrons. The quantitative estimate of drug-likeness (QED) is 0.793. The van der Waals surface area contributed by atoms with E-state index in [0.29, 0.717) is 17.1 Å². The lowest BCUT2D eigenvalue weighted by Gasteiger charge is -2.27. The number of benzene rings is 1. The molecule has 2 saturated carbocycles. The van der Waals surface area contributed by atoms with Crippen LogP contribution in [0.1, 0.15) is 37.7 Å². The predicted molar refractivity (Wildman–Crippen MR) is 110 cm³/mol. The molecule has 4 atom stereocenters. The molecule has 1 aromatic rings. The first-order valence-electron chi connectivity index (χ1n) is 9.55. The molecule has 4 unspecified atom stereocenters. The standard InChI is InChI=1S/C20H28N2O2S.ClH/c21-19-15-5-4-14(11-15)18(19)20(23)22-16-3-1-2-13(10-16)12-25-17-6-8-24-9-7-17;/h1-3,10,14-15,17-19H,4-9,11-12,21H2,(H,22,23);1H. The summed E-state index contributed by atoms with van der Waals surface area (Å²) in [7, 11) is 0. The Bertz CT molecular complexity index is 622. The number of thioether (sulfide) groups is 1. The maximum absolute atomic E-state index is 12.7. The number of hydrogen-bond donors (Lipinski definition) is 2. The predicted octanol–water partition coefficient (Wildman–Crippen LogP) is 3.83. The van der Waals surface area contributed by atoms with E-state index < -0.39 is 0 Å². The third-order valence-electron chi connectivity index (χ3n) is 6.13. The number of carbonyl (C=O) groups is 1. The fourth-order valence-corrected chi connectivity index (χ4v) is 5.88. The Morgan fingerprint density at radius 1 is 1.19 bits per heavy atom. The fourth-order valence-electron chi connectivity index (χ4n) is 4.75. The summed E-state index contributed by atoms with van der Waals surface area (Å²) in [5.74, 6) is 2.16. The summed E-state index contributed by atoms with van der Waals surface area (Å²) >= 11 is 2.00. The second-order valence-electron chi connectivity index (χ2n) is 7.75. The molecule has 1 heterocycles. The van der Waals surface area contributed by atoms with E-state index in [1.54, 1.807) is 0 Å². The van der Waals surface area contributed by atoms with Crippen molar-refractivity contribution in [1.82, 2.24) is 0 Å². The van der Waals surface area contributed by atoms with Gasteiger partial charge in [-0.3, -0.25) is 4.79 Å². The summed E-state index contributed by atoms with van der Waals surface area (Å²) in [6.07, 6.45) is 5.79. The van der Waals surface area contributed by atoms with Crippen LogP contribution in [0.3, 0.4) is 0 Å². The van der Waals surface area contributed by atoms with Gasteiger partial charge in [0.25, 0.3) is 0 Å². The number of rotatable bonds is 5. The van der Waals surface area contributed by atoms with Crippen molar-refractivity contribution in [3.05, 3.63) is 29.8 Å². The van der Waals surface area contributed by atoms with Gasteiger partial charge < -0.3 is 15.8 Å². The summed E-state index contributed by atoms with van der Waals surface area (Å²) in [6.45, 7) is 1.77. The number of anilines is 1. The van der Waals surface area contributed by atoms with E-state index in [2.05, 4.69) is 17.4 Å². The Hall–Kier alpha value is -0.750. The van der Waals surface area contributed by atoms with Gasteiger partial charge >= 0.3 is 0 Å². The van der Waals surface area contributed by atoms with Crippen LogP contribution in [-0.2, 0) is 15.3 Å². The normalized spacial score (nSPS) is 30.8. The van der Waals surface area contributed by atoms with Gasteiger partial charge in [-0.1, -0.05) is 12.1 Å². The van der Waals surface area contributed by atoms with Crippen LogP contribution in [0.5, 0.6) is 0 Å². The average Bonchev–Trinajstić information content (AvgIpc) is 3.22. The van der Waals surface area contributed by atoms with Gasteiger partial charge in [-0.05, 0) is 61.6 Å². The Balaban J connectivity index is 0.00000196. The Labute approximate surface area is 166 Å². The number of nitrogens with two attached hydrogens (primary N) is 1. The van der Waals surface area contributed by atoms with Crippen molar-refractivity contribution in [3.63, 3.8) is 0 Å². The minimum atomic E-state index is -0.000907. The molecule has 3 fully saturated rings. The molecule has 0 aromatic heterocycles. The first kappa shape index (κ1) is 20.0. The molecule has 144 valence electrons. The summed E-state index contributed by atoms with van der Waals surface area (Å²) in [6, 6.07) is 8.33. The molecule has 3 N–H and O–H groups in total. The molecule has 4 nitrogen and oxygen atoms in total. The fraction of sp³-hybridized carbons (Fsp3) is 0.650. The van der Waals surface area contributed by atoms with E-state index in [4.69, 9.17) is 10.5 Å². The summed E-state index contributed by atoms with van der Waals surface area (Å²) in [5, 5.41) is 3.82. The van der Waals surface area contributed by atoms with Gasteiger partial charge in [0.2, 0.25) is 5.91 Å². The molecule has 26 heavy (non-hydrogen) atoms. The van der Waals surface area contributed by atoms with Crippen LogP contribution in [0.2, 0.25) is 0 Å². The highest BCUT2D eigenvalue weighted by Crippen LogP contribution is 2.47. The molecule has 4 rings (SSSR count). The van der Waals surface area contributed by atoms with Gasteiger partial charge in [0.05, 0.1) is 5.92 Å². The average molecular weight is 397 g/mol.